The Labute approximate surface area is 98.9 Å². The van der Waals surface area contributed by atoms with E-state index in [0.29, 0.717) is 11.3 Å². The molecule has 0 radical (unpaired) electrons. The molecule has 0 spiro atoms. The zero-order chi connectivity index (χ0) is 12.1. The lowest BCUT2D eigenvalue weighted by Crippen LogP contribution is -2.24. The molecule has 86 valence electrons. The van der Waals surface area contributed by atoms with Crippen LogP contribution in [0.1, 0.15) is 11.1 Å². The van der Waals surface area contributed by atoms with Gasteiger partial charge in [0.15, 0.2) is 5.11 Å². The number of nitrogens with zero attached hydrogens (tertiary/aromatic N) is 1. The third-order valence-electron chi connectivity index (χ3n) is 1.94. The molecule has 4 N–H and O–H groups in total. The van der Waals surface area contributed by atoms with Crippen molar-refractivity contribution in [3.63, 3.8) is 0 Å². The van der Waals surface area contributed by atoms with Crippen LogP contribution in [0.5, 0.6) is 11.5 Å². The van der Waals surface area contributed by atoms with Crippen molar-refractivity contribution in [2.75, 3.05) is 7.11 Å². The summed E-state index contributed by atoms with van der Waals surface area (Å²) in [4.78, 5) is 0. The fourth-order valence-corrected chi connectivity index (χ4v) is 1.25. The minimum atomic E-state index is 0.0712. The molecule has 0 fully saturated rings. The van der Waals surface area contributed by atoms with Crippen molar-refractivity contribution >= 4 is 23.5 Å². The number of benzene rings is 1. The van der Waals surface area contributed by atoms with E-state index in [-0.39, 0.29) is 10.9 Å². The molecule has 0 saturated heterocycles. The Morgan fingerprint density at radius 2 is 2.31 bits per heavy atom. The van der Waals surface area contributed by atoms with Gasteiger partial charge in [0.05, 0.1) is 13.3 Å². The first-order valence-corrected chi connectivity index (χ1v) is 4.91. The first-order valence-electron chi connectivity index (χ1n) is 4.50. The maximum absolute atomic E-state index is 9.71. The molecule has 6 heteroatoms. The van der Waals surface area contributed by atoms with Crippen LogP contribution in [0.4, 0.5) is 0 Å². The number of thiocarbonyl (C=S) groups is 1. The lowest BCUT2D eigenvalue weighted by atomic mass is 10.1. The molecule has 5 nitrogen and oxygen atoms in total. The van der Waals surface area contributed by atoms with E-state index in [9.17, 15) is 5.11 Å². The standard InChI is InChI=1S/C10H13N3O2S/c1-6-3-7(15-2)4-9(14)8(6)5-12-13-10(11)16/h3-5,14H,1-2H3,(H3,11,13,16). The number of nitrogens with two attached hydrogens (primary N) is 1. The van der Waals surface area contributed by atoms with E-state index in [1.165, 1.54) is 19.4 Å². The van der Waals surface area contributed by atoms with E-state index in [4.69, 9.17) is 10.5 Å². The Morgan fingerprint density at radius 1 is 1.62 bits per heavy atom. The number of hydrogen-bond donors (Lipinski definition) is 3. The van der Waals surface area contributed by atoms with E-state index in [1.807, 2.05) is 6.92 Å². The number of aromatic hydroxyl groups is 1. The van der Waals surface area contributed by atoms with Crippen LogP contribution in [0, 0.1) is 6.92 Å². The lowest BCUT2D eigenvalue weighted by molar-refractivity contribution is 0.407. The van der Waals surface area contributed by atoms with Crippen molar-refractivity contribution in [3.8, 4) is 11.5 Å². The number of rotatable bonds is 3. The summed E-state index contributed by atoms with van der Waals surface area (Å²) in [5.74, 6) is 0.680. The Bertz CT molecular complexity index is 409. The van der Waals surface area contributed by atoms with Crippen LogP contribution in [0.15, 0.2) is 17.2 Å². The summed E-state index contributed by atoms with van der Waals surface area (Å²) in [5, 5.41) is 13.6. The summed E-state index contributed by atoms with van der Waals surface area (Å²) >= 11 is 4.59. The molecule has 0 bridgehead atoms. The molecule has 0 unspecified atom stereocenters. The topological polar surface area (TPSA) is 79.9 Å². The monoisotopic (exact) mass is 239 g/mol. The van der Waals surface area contributed by atoms with E-state index < -0.39 is 0 Å². The van der Waals surface area contributed by atoms with Crippen LogP contribution in [0.3, 0.4) is 0 Å². The van der Waals surface area contributed by atoms with Gasteiger partial charge in [-0.2, -0.15) is 5.10 Å². The zero-order valence-electron chi connectivity index (χ0n) is 9.02. The lowest BCUT2D eigenvalue weighted by Gasteiger charge is -2.06. The first kappa shape index (κ1) is 12.3. The van der Waals surface area contributed by atoms with Gasteiger partial charge in [-0.25, -0.2) is 0 Å². The second-order valence-electron chi connectivity index (χ2n) is 3.11. The maximum atomic E-state index is 9.71. The van der Waals surface area contributed by atoms with Crippen LogP contribution in [0.25, 0.3) is 0 Å². The summed E-state index contributed by atoms with van der Waals surface area (Å²) in [6.45, 7) is 1.84. The smallest absolute Gasteiger partial charge is 0.184 e. The summed E-state index contributed by atoms with van der Waals surface area (Å²) in [5.41, 5.74) is 9.04. The van der Waals surface area contributed by atoms with Crippen molar-refractivity contribution in [1.82, 2.24) is 5.43 Å². The van der Waals surface area contributed by atoms with Gasteiger partial charge in [0.1, 0.15) is 11.5 Å². The molecule has 0 heterocycles. The van der Waals surface area contributed by atoms with Gasteiger partial charge in [-0.15, -0.1) is 0 Å². The zero-order valence-corrected chi connectivity index (χ0v) is 9.84. The van der Waals surface area contributed by atoms with Crippen molar-refractivity contribution in [2.24, 2.45) is 10.8 Å². The predicted molar refractivity (Wildman–Crippen MR) is 66.9 cm³/mol. The SMILES string of the molecule is COc1cc(C)c(C=NNC(N)=S)c(O)c1. The van der Waals surface area contributed by atoms with Crippen LogP contribution in [0.2, 0.25) is 0 Å². The molecule has 0 aliphatic heterocycles. The third kappa shape index (κ3) is 3.09. The molecule has 0 aliphatic rings. The van der Waals surface area contributed by atoms with Crippen molar-refractivity contribution in [1.29, 1.82) is 0 Å². The van der Waals surface area contributed by atoms with Gasteiger partial charge in [-0.05, 0) is 30.8 Å². The quantitative estimate of drug-likeness (QED) is 0.414. The van der Waals surface area contributed by atoms with E-state index in [0.717, 1.165) is 5.56 Å². The molecule has 1 aromatic carbocycles. The molecule has 1 aromatic rings. The van der Waals surface area contributed by atoms with Gasteiger partial charge in [0, 0.05) is 11.6 Å². The molecule has 0 aliphatic carbocycles. The Morgan fingerprint density at radius 3 is 2.81 bits per heavy atom. The highest BCUT2D eigenvalue weighted by atomic mass is 32.1. The Hall–Kier alpha value is -1.82. The molecule has 0 amide bonds. The van der Waals surface area contributed by atoms with Crippen LogP contribution >= 0.6 is 12.2 Å². The van der Waals surface area contributed by atoms with Crippen LogP contribution in [-0.4, -0.2) is 23.5 Å². The normalized spacial score (nSPS) is 10.4. The number of aryl methyl sites for hydroxylation is 1. The molecule has 1 rings (SSSR count). The molecular weight excluding hydrogens is 226 g/mol. The molecular formula is C10H13N3O2S. The van der Waals surface area contributed by atoms with Gasteiger partial charge >= 0.3 is 0 Å². The first-order chi connectivity index (χ1) is 7.54. The van der Waals surface area contributed by atoms with Gasteiger partial charge in [0.25, 0.3) is 0 Å². The van der Waals surface area contributed by atoms with Crippen LogP contribution < -0.4 is 15.9 Å². The van der Waals surface area contributed by atoms with Gasteiger partial charge in [-0.3, -0.25) is 5.43 Å². The largest absolute Gasteiger partial charge is 0.507 e. The van der Waals surface area contributed by atoms with Gasteiger partial charge in [0.2, 0.25) is 0 Å². The maximum Gasteiger partial charge on any atom is 0.184 e. The number of hydrogen-bond acceptors (Lipinski definition) is 4. The van der Waals surface area contributed by atoms with Crippen molar-refractivity contribution in [3.05, 3.63) is 23.3 Å². The number of hydrazone groups is 1. The van der Waals surface area contributed by atoms with Crippen molar-refractivity contribution < 1.29 is 9.84 Å². The minimum absolute atomic E-state index is 0.0712. The highest BCUT2D eigenvalue weighted by Gasteiger charge is 2.05. The third-order valence-corrected chi connectivity index (χ3v) is 2.03. The van der Waals surface area contributed by atoms with E-state index in [2.05, 4.69) is 22.7 Å². The Balaban J connectivity index is 2.96. The molecule has 0 aromatic heterocycles. The van der Waals surface area contributed by atoms with Gasteiger partial charge < -0.3 is 15.6 Å². The minimum Gasteiger partial charge on any atom is -0.507 e. The number of nitrogens with one attached hydrogen (secondary N) is 1. The second-order valence-corrected chi connectivity index (χ2v) is 3.55. The Kier molecular flexibility index (Phi) is 4.07. The summed E-state index contributed by atoms with van der Waals surface area (Å²) in [7, 11) is 1.54. The fourth-order valence-electron chi connectivity index (χ4n) is 1.19. The summed E-state index contributed by atoms with van der Waals surface area (Å²) < 4.78 is 5.01. The number of methoxy groups -OCH3 is 1. The fraction of sp³-hybridized carbons (Fsp3) is 0.200. The van der Waals surface area contributed by atoms with E-state index in [1.54, 1.807) is 6.07 Å². The molecule has 16 heavy (non-hydrogen) atoms. The summed E-state index contributed by atoms with van der Waals surface area (Å²) in [6, 6.07) is 3.30. The number of phenols is 1. The highest BCUT2D eigenvalue weighted by Crippen LogP contribution is 2.25. The van der Waals surface area contributed by atoms with Crippen molar-refractivity contribution in [2.45, 2.75) is 6.92 Å². The number of ether oxygens (including phenoxy) is 1. The number of phenolic OH excluding ortho intramolecular Hbond substituents is 1. The summed E-state index contributed by atoms with van der Waals surface area (Å²) in [6.07, 6.45) is 1.45. The van der Waals surface area contributed by atoms with E-state index >= 15 is 0 Å². The second kappa shape index (κ2) is 5.32. The van der Waals surface area contributed by atoms with Gasteiger partial charge in [-0.1, -0.05) is 0 Å². The highest BCUT2D eigenvalue weighted by molar-refractivity contribution is 7.80. The predicted octanol–water partition coefficient (Wildman–Crippen LogP) is 0.876. The molecule has 0 atom stereocenters. The average molecular weight is 239 g/mol. The average Bonchev–Trinajstić information content (AvgIpc) is 2.21. The van der Waals surface area contributed by atoms with Crippen LogP contribution in [-0.2, 0) is 0 Å². The molecule has 0 saturated carbocycles.